The Morgan fingerprint density at radius 2 is 2.14 bits per heavy atom. The fourth-order valence-electron chi connectivity index (χ4n) is 1.58. The molecule has 21 heavy (non-hydrogen) atoms. The molecule has 2 N–H and O–H groups in total. The highest BCUT2D eigenvalue weighted by Gasteiger charge is 2.14. The van der Waals surface area contributed by atoms with E-state index in [0.717, 1.165) is 9.35 Å². The van der Waals surface area contributed by atoms with Crippen molar-refractivity contribution in [2.24, 2.45) is 0 Å². The third kappa shape index (κ3) is 4.66. The highest BCUT2D eigenvalue weighted by molar-refractivity contribution is 9.10. The summed E-state index contributed by atoms with van der Waals surface area (Å²) in [5, 5.41) is 10.6. The van der Waals surface area contributed by atoms with Crippen LogP contribution in [-0.2, 0) is 16.6 Å². The molecule has 1 heterocycles. The molecule has 0 atom stereocenters. The van der Waals surface area contributed by atoms with Crippen LogP contribution in [0.15, 0.2) is 45.1 Å². The Hall–Kier alpha value is -1.17. The highest BCUT2D eigenvalue weighted by atomic mass is 79.9. The number of sulfonamides is 1. The lowest BCUT2D eigenvalue weighted by Crippen LogP contribution is -2.22. The second-order valence-corrected chi connectivity index (χ2v) is 7.72. The van der Waals surface area contributed by atoms with Crippen molar-refractivity contribution in [2.75, 3.05) is 6.61 Å². The van der Waals surface area contributed by atoms with Crippen molar-refractivity contribution in [2.45, 2.75) is 11.4 Å². The SMILES string of the molecule is O=S(=O)(NCc1cc(Br)cs1)c1cccc(C#CCO)c1. The Balaban J connectivity index is 2.15. The van der Waals surface area contributed by atoms with Crippen LogP contribution < -0.4 is 4.72 Å². The first kappa shape index (κ1) is 16.2. The molecule has 0 radical (unpaired) electrons. The zero-order chi connectivity index (χ0) is 15.3. The normalized spacial score (nSPS) is 11.0. The van der Waals surface area contributed by atoms with Crippen LogP contribution in [0.5, 0.6) is 0 Å². The molecule has 2 rings (SSSR count). The molecule has 0 fully saturated rings. The highest BCUT2D eigenvalue weighted by Crippen LogP contribution is 2.20. The summed E-state index contributed by atoms with van der Waals surface area (Å²) in [6.07, 6.45) is 0. The Bertz CT molecular complexity index is 788. The number of nitrogens with one attached hydrogen (secondary N) is 1. The summed E-state index contributed by atoms with van der Waals surface area (Å²) in [5.74, 6) is 5.18. The van der Waals surface area contributed by atoms with E-state index in [1.807, 2.05) is 11.4 Å². The van der Waals surface area contributed by atoms with E-state index >= 15 is 0 Å². The van der Waals surface area contributed by atoms with Crippen LogP contribution in [0.2, 0.25) is 0 Å². The summed E-state index contributed by atoms with van der Waals surface area (Å²) in [4.78, 5) is 1.07. The van der Waals surface area contributed by atoms with Gasteiger partial charge in [0.05, 0.1) is 4.90 Å². The summed E-state index contributed by atoms with van der Waals surface area (Å²) < 4.78 is 27.9. The zero-order valence-electron chi connectivity index (χ0n) is 10.8. The van der Waals surface area contributed by atoms with Gasteiger partial charge < -0.3 is 5.11 Å². The summed E-state index contributed by atoms with van der Waals surface area (Å²) in [5.41, 5.74) is 0.547. The minimum absolute atomic E-state index is 0.155. The Morgan fingerprint density at radius 1 is 1.33 bits per heavy atom. The number of hydrogen-bond acceptors (Lipinski definition) is 4. The molecule has 1 aromatic heterocycles. The molecule has 7 heteroatoms. The number of rotatable bonds is 4. The lowest BCUT2D eigenvalue weighted by Gasteiger charge is -2.06. The Morgan fingerprint density at radius 3 is 2.81 bits per heavy atom. The van der Waals surface area contributed by atoms with Crippen LogP contribution in [-0.4, -0.2) is 20.1 Å². The maximum atomic E-state index is 12.2. The number of thiophene rings is 1. The number of aliphatic hydroxyl groups is 1. The van der Waals surface area contributed by atoms with Crippen LogP contribution in [0, 0.1) is 11.8 Å². The molecule has 0 aliphatic heterocycles. The smallest absolute Gasteiger partial charge is 0.240 e. The van der Waals surface area contributed by atoms with E-state index in [2.05, 4.69) is 32.5 Å². The molecule has 0 spiro atoms. The van der Waals surface area contributed by atoms with E-state index in [1.165, 1.54) is 23.5 Å². The molecular weight excluding hydrogens is 374 g/mol. The van der Waals surface area contributed by atoms with E-state index in [1.54, 1.807) is 12.1 Å². The van der Waals surface area contributed by atoms with Gasteiger partial charge >= 0.3 is 0 Å². The second-order valence-electron chi connectivity index (χ2n) is 4.04. The average molecular weight is 386 g/mol. The molecule has 0 aliphatic carbocycles. The molecule has 0 saturated carbocycles. The third-order valence-corrected chi connectivity index (χ3v) is 5.61. The van der Waals surface area contributed by atoms with Gasteiger partial charge in [-0.1, -0.05) is 17.9 Å². The minimum atomic E-state index is -3.59. The first-order valence-corrected chi connectivity index (χ1v) is 9.09. The van der Waals surface area contributed by atoms with Gasteiger partial charge in [0.25, 0.3) is 0 Å². The van der Waals surface area contributed by atoms with Crippen molar-refractivity contribution >= 4 is 37.3 Å². The quantitative estimate of drug-likeness (QED) is 0.793. The molecule has 0 bridgehead atoms. The maximum Gasteiger partial charge on any atom is 0.240 e. The van der Waals surface area contributed by atoms with Crippen LogP contribution >= 0.6 is 27.3 Å². The lowest BCUT2D eigenvalue weighted by molar-refractivity contribution is 0.350. The number of hydrogen-bond donors (Lipinski definition) is 2. The van der Waals surface area contributed by atoms with Crippen LogP contribution in [0.25, 0.3) is 0 Å². The summed E-state index contributed by atoms with van der Waals surface area (Å²) in [6.45, 7) is -0.0202. The van der Waals surface area contributed by atoms with Crippen molar-refractivity contribution in [3.05, 3.63) is 50.6 Å². The maximum absolute atomic E-state index is 12.2. The molecule has 0 amide bonds. The molecule has 0 saturated heterocycles. The van der Waals surface area contributed by atoms with Gasteiger partial charge in [-0.05, 0) is 40.2 Å². The molecular formula is C14H12BrNO3S2. The average Bonchev–Trinajstić information content (AvgIpc) is 2.89. The van der Waals surface area contributed by atoms with Gasteiger partial charge in [-0.15, -0.1) is 11.3 Å². The van der Waals surface area contributed by atoms with E-state index in [-0.39, 0.29) is 18.0 Å². The predicted molar refractivity (Wildman–Crippen MR) is 86.5 cm³/mol. The van der Waals surface area contributed by atoms with Gasteiger partial charge in [-0.2, -0.15) is 0 Å². The van der Waals surface area contributed by atoms with Crippen molar-refractivity contribution in [1.29, 1.82) is 0 Å². The molecule has 0 unspecified atom stereocenters. The van der Waals surface area contributed by atoms with Crippen LogP contribution in [0.3, 0.4) is 0 Å². The first-order chi connectivity index (χ1) is 10.0. The second kappa shape index (κ2) is 7.20. The largest absolute Gasteiger partial charge is 0.384 e. The van der Waals surface area contributed by atoms with Crippen molar-refractivity contribution in [3.8, 4) is 11.8 Å². The molecule has 1 aromatic carbocycles. The van der Waals surface area contributed by atoms with Crippen molar-refractivity contribution < 1.29 is 13.5 Å². The number of benzene rings is 1. The van der Waals surface area contributed by atoms with E-state index in [4.69, 9.17) is 5.11 Å². The summed E-state index contributed by atoms with van der Waals surface area (Å²) in [6, 6.07) is 8.18. The Labute approximate surface area is 136 Å². The van der Waals surface area contributed by atoms with Gasteiger partial charge in [-0.3, -0.25) is 0 Å². The molecule has 110 valence electrons. The van der Waals surface area contributed by atoms with Gasteiger partial charge in [0.1, 0.15) is 6.61 Å². The predicted octanol–water partition coefficient (Wildman–Crippen LogP) is 2.33. The van der Waals surface area contributed by atoms with Crippen LogP contribution in [0.1, 0.15) is 10.4 Å². The lowest BCUT2D eigenvalue weighted by atomic mass is 10.2. The van der Waals surface area contributed by atoms with E-state index < -0.39 is 10.0 Å². The zero-order valence-corrected chi connectivity index (χ0v) is 14.1. The fraction of sp³-hybridized carbons (Fsp3) is 0.143. The van der Waals surface area contributed by atoms with Gasteiger partial charge in [0.2, 0.25) is 10.0 Å². The first-order valence-electron chi connectivity index (χ1n) is 5.93. The van der Waals surface area contributed by atoms with Gasteiger partial charge in [-0.25, -0.2) is 13.1 Å². The number of aliphatic hydroxyl groups excluding tert-OH is 1. The molecule has 4 nitrogen and oxygen atoms in total. The van der Waals surface area contributed by atoms with Gasteiger partial charge in [0, 0.05) is 26.8 Å². The molecule has 0 aliphatic rings. The fourth-order valence-corrected chi connectivity index (χ4v) is 4.11. The van der Waals surface area contributed by atoms with Crippen LogP contribution in [0.4, 0.5) is 0 Å². The van der Waals surface area contributed by atoms with Crippen molar-refractivity contribution in [3.63, 3.8) is 0 Å². The standard InChI is InChI=1S/C14H12BrNO3S2/c15-12-8-13(20-10-12)9-16-21(18,19)14-5-1-3-11(7-14)4-2-6-17/h1,3,5,7-8,10,16-17H,6,9H2. The third-order valence-electron chi connectivity index (χ3n) is 2.51. The monoisotopic (exact) mass is 385 g/mol. The van der Waals surface area contributed by atoms with Crippen molar-refractivity contribution in [1.82, 2.24) is 4.72 Å². The molecule has 2 aromatic rings. The minimum Gasteiger partial charge on any atom is -0.384 e. The summed E-state index contributed by atoms with van der Waals surface area (Å²) >= 11 is 4.80. The van der Waals surface area contributed by atoms with E-state index in [0.29, 0.717) is 5.56 Å². The summed E-state index contributed by atoms with van der Waals surface area (Å²) in [7, 11) is -3.59. The van der Waals surface area contributed by atoms with E-state index in [9.17, 15) is 8.42 Å². The topological polar surface area (TPSA) is 66.4 Å². The van der Waals surface area contributed by atoms with Gasteiger partial charge in [0.15, 0.2) is 0 Å². The Kier molecular flexibility index (Phi) is 5.56. The number of halogens is 1.